The van der Waals surface area contributed by atoms with Crippen molar-refractivity contribution in [2.45, 2.75) is 10.9 Å². The van der Waals surface area contributed by atoms with E-state index in [2.05, 4.69) is 25.1 Å². The zero-order chi connectivity index (χ0) is 10.7. The molecule has 0 aliphatic rings. The van der Waals surface area contributed by atoms with Crippen LogP contribution in [0.5, 0.6) is 0 Å². The Morgan fingerprint density at radius 3 is 2.60 bits per heavy atom. The molecule has 15 heavy (non-hydrogen) atoms. The van der Waals surface area contributed by atoms with E-state index < -0.39 is 0 Å². The highest BCUT2D eigenvalue weighted by Crippen LogP contribution is 2.18. The first kappa shape index (κ1) is 10.7. The molecule has 8 heteroatoms. The van der Waals surface area contributed by atoms with Gasteiger partial charge in [-0.1, -0.05) is 35.0 Å². The van der Waals surface area contributed by atoms with E-state index in [9.17, 15) is 0 Å². The van der Waals surface area contributed by atoms with Gasteiger partial charge in [0.25, 0.3) is 0 Å². The van der Waals surface area contributed by atoms with Crippen molar-refractivity contribution < 1.29 is 0 Å². The molecule has 0 atom stereocenters. The minimum absolute atomic E-state index is 0.336. The normalized spacial score (nSPS) is 10.5. The second kappa shape index (κ2) is 4.78. The smallest absolute Gasteiger partial charge is 0.183 e. The fraction of sp³-hybridized carbons (Fsp3) is 0.143. The predicted octanol–water partition coefficient (Wildman–Crippen LogP) is 2.19. The Morgan fingerprint density at radius 2 is 2.00 bits per heavy atom. The van der Waals surface area contributed by atoms with Crippen molar-refractivity contribution in [2.75, 3.05) is 0 Å². The molecule has 0 amide bonds. The largest absolute Gasteiger partial charge is 0.254 e. The second-order valence-electron chi connectivity index (χ2n) is 2.51. The van der Waals surface area contributed by atoms with Crippen LogP contribution < -0.4 is 0 Å². The first-order valence-electron chi connectivity index (χ1n) is 3.91. The maximum atomic E-state index is 5.73. The number of nitrogens with one attached hydrogen (secondary N) is 1. The highest BCUT2D eigenvalue weighted by Gasteiger charge is 2.04. The first-order chi connectivity index (χ1) is 7.24. The van der Waals surface area contributed by atoms with Gasteiger partial charge in [-0.3, -0.25) is 5.10 Å². The first-order valence-corrected chi connectivity index (χ1v) is 5.65. The van der Waals surface area contributed by atoms with Crippen LogP contribution in [0.1, 0.15) is 5.82 Å². The summed E-state index contributed by atoms with van der Waals surface area (Å²) in [4.78, 5) is 12.0. The molecule has 0 unspecified atom stereocenters. The van der Waals surface area contributed by atoms with Gasteiger partial charge in [0.15, 0.2) is 5.16 Å². The third-order valence-corrected chi connectivity index (χ3v) is 2.70. The Hall–Kier alpha value is -0.850. The molecule has 0 aliphatic heterocycles. The highest BCUT2D eigenvalue weighted by atomic mass is 35.5. The number of hydrogen-bond donors (Lipinski definition) is 1. The molecular weight excluding hydrogens is 257 g/mol. The van der Waals surface area contributed by atoms with Gasteiger partial charge in [0.2, 0.25) is 0 Å². The molecule has 0 fully saturated rings. The molecule has 0 aromatic carbocycles. The van der Waals surface area contributed by atoms with Crippen LogP contribution in [0.3, 0.4) is 0 Å². The van der Waals surface area contributed by atoms with Gasteiger partial charge < -0.3 is 0 Å². The minimum Gasteiger partial charge on any atom is -0.254 e. The van der Waals surface area contributed by atoms with Gasteiger partial charge in [-0.05, 0) is 0 Å². The van der Waals surface area contributed by atoms with Gasteiger partial charge in [0, 0.05) is 6.07 Å². The molecule has 2 heterocycles. The second-order valence-corrected chi connectivity index (χ2v) is 4.25. The van der Waals surface area contributed by atoms with Gasteiger partial charge in [-0.25, -0.2) is 15.0 Å². The topological polar surface area (TPSA) is 67.3 Å². The lowest BCUT2D eigenvalue weighted by atomic mass is 10.6. The third kappa shape index (κ3) is 3.05. The predicted molar refractivity (Wildman–Crippen MR) is 58.0 cm³/mol. The number of rotatable bonds is 3. The fourth-order valence-electron chi connectivity index (χ4n) is 0.896. The summed E-state index contributed by atoms with van der Waals surface area (Å²) in [6, 6.07) is 1.49. The van der Waals surface area contributed by atoms with Gasteiger partial charge in [0.1, 0.15) is 22.5 Å². The van der Waals surface area contributed by atoms with Gasteiger partial charge in [-0.2, -0.15) is 5.10 Å². The van der Waals surface area contributed by atoms with E-state index in [1.165, 1.54) is 24.2 Å². The van der Waals surface area contributed by atoms with Crippen LogP contribution in [0.25, 0.3) is 0 Å². The number of nitrogens with zero attached hydrogens (tertiary/aromatic N) is 4. The number of thioether (sulfide) groups is 1. The number of aromatic nitrogens is 5. The summed E-state index contributed by atoms with van der Waals surface area (Å²) in [5, 5.41) is 7.81. The zero-order valence-electron chi connectivity index (χ0n) is 7.31. The molecule has 0 radical (unpaired) electrons. The van der Waals surface area contributed by atoms with Crippen molar-refractivity contribution in [3.8, 4) is 0 Å². The third-order valence-electron chi connectivity index (χ3n) is 1.44. The van der Waals surface area contributed by atoms with Crippen LogP contribution in [0.4, 0.5) is 0 Å². The summed E-state index contributed by atoms with van der Waals surface area (Å²) in [6.07, 6.45) is 1.44. The number of hydrogen-bond acceptors (Lipinski definition) is 5. The summed E-state index contributed by atoms with van der Waals surface area (Å²) in [5.74, 6) is 1.10. The number of H-pyrrole nitrogens is 1. The minimum atomic E-state index is 0.336. The summed E-state index contributed by atoms with van der Waals surface area (Å²) < 4.78 is 0. The summed E-state index contributed by atoms with van der Waals surface area (Å²) in [7, 11) is 0. The molecule has 1 N–H and O–H groups in total. The van der Waals surface area contributed by atoms with Crippen LogP contribution in [0.2, 0.25) is 10.3 Å². The van der Waals surface area contributed by atoms with E-state index >= 15 is 0 Å². The van der Waals surface area contributed by atoms with Gasteiger partial charge in [-0.15, -0.1) is 0 Å². The lowest BCUT2D eigenvalue weighted by molar-refractivity contribution is 0.965. The standard InChI is InChI=1S/C7H5Cl2N5S/c8-4-1-5(9)13-6(12-4)2-15-7-10-3-11-14-7/h1,3H,2H2,(H,10,11,14). The molecule has 0 saturated heterocycles. The Morgan fingerprint density at radius 1 is 1.27 bits per heavy atom. The van der Waals surface area contributed by atoms with Crippen LogP contribution in [0, 0.1) is 0 Å². The van der Waals surface area contributed by atoms with Crippen LogP contribution in [0.15, 0.2) is 17.6 Å². The van der Waals surface area contributed by atoms with E-state index in [0.29, 0.717) is 27.0 Å². The van der Waals surface area contributed by atoms with Crippen molar-refractivity contribution in [3.05, 3.63) is 28.5 Å². The molecule has 0 saturated carbocycles. The van der Waals surface area contributed by atoms with E-state index in [0.717, 1.165) is 0 Å². The molecular formula is C7H5Cl2N5S. The van der Waals surface area contributed by atoms with Gasteiger partial charge >= 0.3 is 0 Å². The molecule has 2 rings (SSSR count). The van der Waals surface area contributed by atoms with Crippen molar-refractivity contribution in [3.63, 3.8) is 0 Å². The SMILES string of the molecule is Clc1cc(Cl)nc(CSc2ncn[nH]2)n1. The molecule has 5 nitrogen and oxygen atoms in total. The maximum absolute atomic E-state index is 5.73. The molecule has 0 bridgehead atoms. The maximum Gasteiger partial charge on any atom is 0.183 e. The molecule has 0 spiro atoms. The van der Waals surface area contributed by atoms with E-state index in [1.54, 1.807) is 0 Å². The Bertz CT molecular complexity index is 426. The van der Waals surface area contributed by atoms with E-state index in [1.807, 2.05) is 0 Å². The summed E-state index contributed by atoms with van der Waals surface area (Å²) in [6.45, 7) is 0. The molecule has 2 aromatic rings. The Kier molecular flexibility index (Phi) is 3.40. The molecule has 2 aromatic heterocycles. The van der Waals surface area contributed by atoms with E-state index in [4.69, 9.17) is 23.2 Å². The van der Waals surface area contributed by atoms with Gasteiger partial charge in [0.05, 0.1) is 5.75 Å². The van der Waals surface area contributed by atoms with E-state index in [-0.39, 0.29) is 0 Å². The van der Waals surface area contributed by atoms with Crippen LogP contribution >= 0.6 is 35.0 Å². The summed E-state index contributed by atoms with van der Waals surface area (Å²) >= 11 is 12.9. The van der Waals surface area contributed by atoms with Crippen LogP contribution in [-0.4, -0.2) is 25.1 Å². The molecule has 0 aliphatic carbocycles. The van der Waals surface area contributed by atoms with Crippen molar-refractivity contribution in [1.29, 1.82) is 0 Å². The fourth-order valence-corrected chi connectivity index (χ4v) is 1.99. The lowest BCUT2D eigenvalue weighted by Gasteiger charge is -1.98. The Balaban J connectivity index is 2.05. The average molecular weight is 262 g/mol. The highest BCUT2D eigenvalue weighted by molar-refractivity contribution is 7.98. The van der Waals surface area contributed by atoms with Crippen molar-refractivity contribution >= 4 is 35.0 Å². The quantitative estimate of drug-likeness (QED) is 0.678. The number of aromatic amines is 1. The number of halogens is 2. The van der Waals surface area contributed by atoms with Crippen molar-refractivity contribution in [1.82, 2.24) is 25.1 Å². The lowest BCUT2D eigenvalue weighted by Crippen LogP contribution is -1.93. The monoisotopic (exact) mass is 261 g/mol. The Labute approximate surface area is 99.6 Å². The van der Waals surface area contributed by atoms with Crippen molar-refractivity contribution in [2.24, 2.45) is 0 Å². The van der Waals surface area contributed by atoms with Crippen LogP contribution in [-0.2, 0) is 5.75 Å². The summed E-state index contributed by atoms with van der Waals surface area (Å²) in [5.41, 5.74) is 0. The zero-order valence-corrected chi connectivity index (χ0v) is 9.64. The average Bonchev–Trinajstić information content (AvgIpc) is 2.65. The molecule has 78 valence electrons.